The summed E-state index contributed by atoms with van der Waals surface area (Å²) >= 11 is 0. The highest BCUT2D eigenvalue weighted by molar-refractivity contribution is 5.66. The molecule has 160 valence electrons. The Balaban J connectivity index is 1.47. The highest BCUT2D eigenvalue weighted by Crippen LogP contribution is 2.25. The van der Waals surface area contributed by atoms with E-state index in [-0.39, 0.29) is 11.9 Å². The van der Waals surface area contributed by atoms with E-state index in [9.17, 15) is 9.18 Å². The Bertz CT molecular complexity index is 1060. The molecule has 4 rings (SSSR count). The van der Waals surface area contributed by atoms with Gasteiger partial charge in [-0.2, -0.15) is 0 Å². The van der Waals surface area contributed by atoms with Gasteiger partial charge in [-0.3, -0.25) is 0 Å². The van der Waals surface area contributed by atoms with Gasteiger partial charge in [0.15, 0.2) is 0 Å². The molecule has 1 amide bonds. The Morgan fingerprint density at radius 3 is 2.94 bits per heavy atom. The van der Waals surface area contributed by atoms with Crippen LogP contribution in [0.4, 0.5) is 20.8 Å². The molecule has 0 saturated carbocycles. The van der Waals surface area contributed by atoms with Gasteiger partial charge in [0, 0.05) is 24.8 Å². The van der Waals surface area contributed by atoms with Gasteiger partial charge in [0.1, 0.15) is 23.6 Å². The van der Waals surface area contributed by atoms with Crippen molar-refractivity contribution in [1.29, 1.82) is 0 Å². The van der Waals surface area contributed by atoms with Crippen molar-refractivity contribution in [3.63, 3.8) is 0 Å². The molecule has 1 saturated heterocycles. The first-order valence-corrected chi connectivity index (χ1v) is 10.2. The number of aromatic nitrogens is 2. The van der Waals surface area contributed by atoms with Crippen molar-refractivity contribution in [2.24, 2.45) is 5.73 Å². The van der Waals surface area contributed by atoms with Gasteiger partial charge in [0.2, 0.25) is 0 Å². The number of nitrogens with one attached hydrogen (secondary N) is 1. The predicted molar refractivity (Wildman–Crippen MR) is 117 cm³/mol. The topological polar surface area (TPSA) is 93.4 Å². The van der Waals surface area contributed by atoms with E-state index >= 15 is 0 Å². The van der Waals surface area contributed by atoms with E-state index in [2.05, 4.69) is 20.2 Å². The van der Waals surface area contributed by atoms with Gasteiger partial charge in [0.25, 0.3) is 0 Å². The van der Waals surface area contributed by atoms with Crippen molar-refractivity contribution in [3.05, 3.63) is 72.2 Å². The lowest BCUT2D eigenvalue weighted by Gasteiger charge is -2.32. The first-order valence-electron chi connectivity index (χ1n) is 10.2. The number of amides is 1. The van der Waals surface area contributed by atoms with Crippen molar-refractivity contribution in [2.75, 3.05) is 23.3 Å². The minimum Gasteiger partial charge on any atom is -0.445 e. The van der Waals surface area contributed by atoms with Crippen LogP contribution in [-0.2, 0) is 11.3 Å². The monoisotopic (exact) mass is 421 g/mol. The minimum absolute atomic E-state index is 0.231. The van der Waals surface area contributed by atoms with Gasteiger partial charge in [-0.1, -0.05) is 18.2 Å². The molecule has 3 aromatic rings. The number of benzene rings is 1. The molecule has 2 aromatic heterocycles. The van der Waals surface area contributed by atoms with E-state index in [4.69, 9.17) is 10.5 Å². The van der Waals surface area contributed by atoms with Crippen LogP contribution in [0.2, 0.25) is 0 Å². The number of anilines is 2. The summed E-state index contributed by atoms with van der Waals surface area (Å²) in [6, 6.07) is 16.1. The Morgan fingerprint density at radius 2 is 2.10 bits per heavy atom. The molecule has 1 atom stereocenters. The Morgan fingerprint density at radius 1 is 1.23 bits per heavy atom. The normalized spacial score (nSPS) is 16.0. The highest BCUT2D eigenvalue weighted by Gasteiger charge is 2.23. The van der Waals surface area contributed by atoms with Crippen LogP contribution in [0.3, 0.4) is 0 Å². The number of rotatable bonds is 6. The molecule has 31 heavy (non-hydrogen) atoms. The fraction of sp³-hybridized carbons (Fsp3) is 0.261. The van der Waals surface area contributed by atoms with Gasteiger partial charge in [-0.25, -0.2) is 19.2 Å². The number of carbonyl (C=O) groups excluding carboxylic acids is 1. The van der Waals surface area contributed by atoms with Crippen molar-refractivity contribution in [3.8, 4) is 11.3 Å². The number of carbonyl (C=O) groups is 1. The second kappa shape index (κ2) is 9.42. The second-order valence-electron chi connectivity index (χ2n) is 7.44. The van der Waals surface area contributed by atoms with E-state index in [0.29, 0.717) is 18.9 Å². The van der Waals surface area contributed by atoms with Gasteiger partial charge in [0.05, 0.1) is 12.2 Å². The van der Waals surface area contributed by atoms with Gasteiger partial charge < -0.3 is 20.7 Å². The Hall–Kier alpha value is -3.68. The maximum Gasteiger partial charge on any atom is 0.404 e. The van der Waals surface area contributed by atoms with E-state index in [1.807, 2.05) is 36.4 Å². The Kier molecular flexibility index (Phi) is 6.26. The Labute approximate surface area is 180 Å². The van der Waals surface area contributed by atoms with E-state index in [1.165, 1.54) is 12.1 Å². The van der Waals surface area contributed by atoms with Crippen LogP contribution >= 0.6 is 0 Å². The molecule has 7 nitrogen and oxygen atoms in total. The molecule has 3 heterocycles. The number of ether oxygens (including phenoxy) is 1. The standard InChI is InChI=1S/C23H24FN5O2/c24-18-5-1-4-16(12-18)14-27-21-8-2-7-20(28-21)17-9-10-26-22(13-17)29-11-3-6-19(15-29)31-23(25)30/h1-2,4-5,7-10,12-13,19H,3,6,11,14-15H2,(H2,25,30)(H,27,28). The zero-order valence-corrected chi connectivity index (χ0v) is 17.0. The van der Waals surface area contributed by atoms with Crippen LogP contribution < -0.4 is 16.0 Å². The third-order valence-corrected chi connectivity index (χ3v) is 5.14. The lowest BCUT2D eigenvalue weighted by molar-refractivity contribution is 0.0964. The van der Waals surface area contributed by atoms with Crippen LogP contribution in [0.25, 0.3) is 11.3 Å². The minimum atomic E-state index is -0.750. The fourth-order valence-electron chi connectivity index (χ4n) is 3.69. The number of nitrogens with zero attached hydrogens (tertiary/aromatic N) is 3. The van der Waals surface area contributed by atoms with Crippen LogP contribution in [0.1, 0.15) is 18.4 Å². The average molecular weight is 421 g/mol. The summed E-state index contributed by atoms with van der Waals surface area (Å²) in [5.41, 5.74) is 7.74. The molecule has 1 unspecified atom stereocenters. The average Bonchev–Trinajstić information content (AvgIpc) is 2.78. The molecular formula is C23H24FN5O2. The molecular weight excluding hydrogens is 397 g/mol. The summed E-state index contributed by atoms with van der Waals surface area (Å²) in [4.78, 5) is 22.3. The van der Waals surface area contributed by atoms with Crippen molar-refractivity contribution in [1.82, 2.24) is 9.97 Å². The second-order valence-corrected chi connectivity index (χ2v) is 7.44. The fourth-order valence-corrected chi connectivity index (χ4v) is 3.69. The summed E-state index contributed by atoms with van der Waals surface area (Å²) in [5.74, 6) is 1.25. The number of nitrogens with two attached hydrogens (primary N) is 1. The smallest absolute Gasteiger partial charge is 0.404 e. The number of hydrogen-bond acceptors (Lipinski definition) is 6. The molecule has 3 N–H and O–H groups in total. The lowest BCUT2D eigenvalue weighted by atomic mass is 10.1. The first kappa shape index (κ1) is 20.6. The summed E-state index contributed by atoms with van der Waals surface area (Å²) < 4.78 is 18.5. The molecule has 0 bridgehead atoms. The zero-order valence-electron chi connectivity index (χ0n) is 17.0. The molecule has 8 heteroatoms. The molecule has 0 spiro atoms. The highest BCUT2D eigenvalue weighted by atomic mass is 19.1. The first-order chi connectivity index (χ1) is 15.1. The number of primary amides is 1. The van der Waals surface area contributed by atoms with Crippen LogP contribution in [0.5, 0.6) is 0 Å². The van der Waals surface area contributed by atoms with Crippen LogP contribution in [0.15, 0.2) is 60.8 Å². The van der Waals surface area contributed by atoms with E-state index in [0.717, 1.165) is 42.0 Å². The molecule has 1 aromatic carbocycles. The zero-order chi connectivity index (χ0) is 21.6. The number of hydrogen-bond donors (Lipinski definition) is 2. The summed E-state index contributed by atoms with van der Waals surface area (Å²) in [7, 11) is 0. The summed E-state index contributed by atoms with van der Waals surface area (Å²) in [5, 5.41) is 3.24. The van der Waals surface area contributed by atoms with Gasteiger partial charge >= 0.3 is 6.09 Å². The van der Waals surface area contributed by atoms with Crippen LogP contribution in [-0.4, -0.2) is 35.3 Å². The largest absolute Gasteiger partial charge is 0.445 e. The lowest BCUT2D eigenvalue weighted by Crippen LogP contribution is -2.41. The van der Waals surface area contributed by atoms with Crippen molar-refractivity contribution < 1.29 is 13.9 Å². The molecule has 0 aliphatic carbocycles. The third-order valence-electron chi connectivity index (χ3n) is 5.14. The molecule has 1 aliphatic heterocycles. The van der Waals surface area contributed by atoms with E-state index < -0.39 is 6.09 Å². The quantitative estimate of drug-likeness (QED) is 0.626. The number of halogens is 1. The molecule has 1 fully saturated rings. The molecule has 0 radical (unpaired) electrons. The van der Waals surface area contributed by atoms with Crippen molar-refractivity contribution in [2.45, 2.75) is 25.5 Å². The van der Waals surface area contributed by atoms with Crippen molar-refractivity contribution >= 4 is 17.7 Å². The van der Waals surface area contributed by atoms with Gasteiger partial charge in [-0.05, 0) is 54.8 Å². The van der Waals surface area contributed by atoms with Crippen LogP contribution in [0, 0.1) is 5.82 Å². The van der Waals surface area contributed by atoms with Gasteiger partial charge in [-0.15, -0.1) is 0 Å². The SMILES string of the molecule is NC(=O)OC1CCCN(c2cc(-c3cccc(NCc4cccc(F)c4)n3)ccn2)C1. The summed E-state index contributed by atoms with van der Waals surface area (Å²) in [6.45, 7) is 1.87. The predicted octanol–water partition coefficient (Wildman–Crippen LogP) is 3.96. The molecule has 1 aliphatic rings. The maximum atomic E-state index is 13.4. The third kappa shape index (κ3) is 5.48. The summed E-state index contributed by atoms with van der Waals surface area (Å²) in [6.07, 6.45) is 2.45. The maximum absolute atomic E-state index is 13.4. The number of piperidine rings is 1. The van der Waals surface area contributed by atoms with E-state index in [1.54, 1.807) is 12.3 Å². The number of pyridine rings is 2.